The van der Waals surface area contributed by atoms with Crippen molar-refractivity contribution in [3.8, 4) is 0 Å². The van der Waals surface area contributed by atoms with Gasteiger partial charge in [-0.2, -0.15) is 0 Å². The van der Waals surface area contributed by atoms with Gasteiger partial charge < -0.3 is 4.74 Å². The zero-order valence-corrected chi connectivity index (χ0v) is 10.8. The molecule has 2 nitrogen and oxygen atoms in total. The van der Waals surface area contributed by atoms with Crippen LogP contribution in [0.15, 0.2) is 0 Å². The third-order valence-electron chi connectivity index (χ3n) is 2.64. The van der Waals surface area contributed by atoms with Crippen molar-refractivity contribution in [2.24, 2.45) is 5.41 Å². The van der Waals surface area contributed by atoms with E-state index in [4.69, 9.17) is 4.74 Å². The van der Waals surface area contributed by atoms with Gasteiger partial charge in [0, 0.05) is 0 Å². The van der Waals surface area contributed by atoms with E-state index in [-0.39, 0.29) is 11.4 Å². The highest BCUT2D eigenvalue weighted by atomic mass is 16.5. The fourth-order valence-electron chi connectivity index (χ4n) is 1.72. The molecule has 0 aliphatic heterocycles. The van der Waals surface area contributed by atoms with Gasteiger partial charge in [-0.1, -0.05) is 46.5 Å². The maximum atomic E-state index is 11.3. The molecule has 0 aromatic carbocycles. The van der Waals surface area contributed by atoms with Crippen LogP contribution in [0.4, 0.5) is 0 Å². The van der Waals surface area contributed by atoms with Gasteiger partial charge in [-0.3, -0.25) is 4.79 Å². The highest BCUT2D eigenvalue weighted by Crippen LogP contribution is 2.28. The molecule has 0 saturated heterocycles. The lowest BCUT2D eigenvalue weighted by molar-refractivity contribution is -0.145. The normalized spacial score (nSPS) is 11.5. The Morgan fingerprint density at radius 3 is 2.33 bits per heavy atom. The number of carbonyl (C=O) groups is 1. The summed E-state index contributed by atoms with van der Waals surface area (Å²) in [5.41, 5.74) is 0.0972. The molecule has 0 aliphatic carbocycles. The second-order valence-corrected chi connectivity index (χ2v) is 4.96. The van der Waals surface area contributed by atoms with E-state index in [1.54, 1.807) is 0 Å². The topological polar surface area (TPSA) is 26.3 Å². The predicted molar refractivity (Wildman–Crippen MR) is 63.8 cm³/mol. The largest absolute Gasteiger partial charge is 0.466 e. The maximum absolute atomic E-state index is 11.3. The Kier molecular flexibility index (Phi) is 7.45. The second-order valence-electron chi connectivity index (χ2n) is 4.96. The van der Waals surface area contributed by atoms with Crippen LogP contribution in [0.5, 0.6) is 0 Å². The molecule has 0 aliphatic rings. The third-order valence-corrected chi connectivity index (χ3v) is 2.64. The van der Waals surface area contributed by atoms with Crippen molar-refractivity contribution in [1.82, 2.24) is 0 Å². The van der Waals surface area contributed by atoms with E-state index in [9.17, 15) is 4.79 Å². The van der Waals surface area contributed by atoms with Crippen molar-refractivity contribution in [2.45, 2.75) is 66.2 Å². The van der Waals surface area contributed by atoms with Crippen LogP contribution < -0.4 is 0 Å². The van der Waals surface area contributed by atoms with Crippen LogP contribution in [0.3, 0.4) is 0 Å². The van der Waals surface area contributed by atoms with Gasteiger partial charge in [0.2, 0.25) is 0 Å². The molecule has 0 N–H and O–H groups in total. The molecular weight excluding hydrogens is 188 g/mol. The molecule has 0 spiro atoms. The molecule has 0 rings (SSSR count). The van der Waals surface area contributed by atoms with Gasteiger partial charge in [0.25, 0.3) is 0 Å². The van der Waals surface area contributed by atoms with E-state index in [1.165, 1.54) is 25.7 Å². The molecule has 0 amide bonds. The summed E-state index contributed by atoms with van der Waals surface area (Å²) in [4.78, 5) is 11.3. The molecule has 0 heterocycles. The molecule has 0 fully saturated rings. The molecule has 0 saturated carbocycles. The number of esters is 1. The quantitative estimate of drug-likeness (QED) is 0.452. The first-order valence-electron chi connectivity index (χ1n) is 6.17. The van der Waals surface area contributed by atoms with Crippen LogP contribution in [-0.4, -0.2) is 12.6 Å². The van der Waals surface area contributed by atoms with E-state index in [2.05, 4.69) is 20.8 Å². The van der Waals surface area contributed by atoms with Crippen molar-refractivity contribution >= 4 is 5.97 Å². The summed E-state index contributed by atoms with van der Waals surface area (Å²) in [6.45, 7) is 8.85. The Balaban J connectivity index is 3.70. The monoisotopic (exact) mass is 214 g/mol. The molecule has 15 heavy (non-hydrogen) atoms. The summed E-state index contributed by atoms with van der Waals surface area (Å²) in [6.07, 6.45) is 6.73. The van der Waals surface area contributed by atoms with Crippen molar-refractivity contribution in [2.75, 3.05) is 6.61 Å². The molecule has 0 aromatic heterocycles. The second kappa shape index (κ2) is 7.72. The van der Waals surface area contributed by atoms with Crippen molar-refractivity contribution in [3.63, 3.8) is 0 Å². The van der Waals surface area contributed by atoms with Gasteiger partial charge in [-0.15, -0.1) is 0 Å². The Hall–Kier alpha value is -0.530. The van der Waals surface area contributed by atoms with E-state index >= 15 is 0 Å². The molecule has 0 aromatic rings. The highest BCUT2D eigenvalue weighted by Gasteiger charge is 2.21. The number of rotatable bonds is 8. The minimum Gasteiger partial charge on any atom is -0.466 e. The van der Waals surface area contributed by atoms with Crippen LogP contribution in [0.25, 0.3) is 0 Å². The first-order chi connectivity index (χ1) is 7.02. The molecule has 0 unspecified atom stereocenters. The molecule has 90 valence electrons. The Bertz CT molecular complexity index is 173. The smallest absolute Gasteiger partial charge is 0.306 e. The summed E-state index contributed by atoms with van der Waals surface area (Å²) in [6, 6.07) is 0. The molecular formula is C13H26O2. The van der Waals surface area contributed by atoms with Gasteiger partial charge in [-0.05, 0) is 18.8 Å². The fourth-order valence-corrected chi connectivity index (χ4v) is 1.72. The van der Waals surface area contributed by atoms with Crippen molar-refractivity contribution in [1.29, 1.82) is 0 Å². The van der Waals surface area contributed by atoms with Gasteiger partial charge in [-0.25, -0.2) is 0 Å². The summed E-state index contributed by atoms with van der Waals surface area (Å²) < 4.78 is 4.97. The van der Waals surface area contributed by atoms with Crippen LogP contribution in [0, 0.1) is 5.41 Å². The minimum absolute atomic E-state index is 0.0574. The van der Waals surface area contributed by atoms with Gasteiger partial charge in [0.1, 0.15) is 0 Å². The molecule has 0 bridgehead atoms. The number of unbranched alkanes of at least 4 members (excludes halogenated alkanes) is 3. The molecule has 2 heteroatoms. The van der Waals surface area contributed by atoms with Crippen LogP contribution >= 0.6 is 0 Å². The van der Waals surface area contributed by atoms with Gasteiger partial charge >= 0.3 is 5.97 Å². The predicted octanol–water partition coefficient (Wildman–Crippen LogP) is 3.94. The Labute approximate surface area is 94.4 Å². The van der Waals surface area contributed by atoms with Crippen molar-refractivity contribution in [3.05, 3.63) is 0 Å². The van der Waals surface area contributed by atoms with Crippen LogP contribution in [0.1, 0.15) is 66.2 Å². The van der Waals surface area contributed by atoms with Crippen molar-refractivity contribution < 1.29 is 9.53 Å². The van der Waals surface area contributed by atoms with Crippen LogP contribution in [-0.2, 0) is 9.53 Å². The lowest BCUT2D eigenvalue weighted by atomic mass is 9.83. The van der Waals surface area contributed by atoms with E-state index in [1.807, 2.05) is 6.92 Å². The van der Waals surface area contributed by atoms with E-state index in [0.29, 0.717) is 13.0 Å². The third kappa shape index (κ3) is 8.46. The standard InChI is InChI=1S/C13H26O2/c1-5-7-8-9-10-13(3,4)11-12(14)15-6-2/h5-11H2,1-4H3. The maximum Gasteiger partial charge on any atom is 0.306 e. The Morgan fingerprint density at radius 1 is 1.13 bits per heavy atom. The van der Waals surface area contributed by atoms with E-state index in [0.717, 1.165) is 6.42 Å². The van der Waals surface area contributed by atoms with Gasteiger partial charge in [0.15, 0.2) is 0 Å². The number of carbonyl (C=O) groups excluding carboxylic acids is 1. The zero-order valence-electron chi connectivity index (χ0n) is 10.8. The summed E-state index contributed by atoms with van der Waals surface area (Å²) >= 11 is 0. The highest BCUT2D eigenvalue weighted by molar-refractivity contribution is 5.70. The van der Waals surface area contributed by atoms with Crippen LogP contribution in [0.2, 0.25) is 0 Å². The fraction of sp³-hybridized carbons (Fsp3) is 0.923. The minimum atomic E-state index is -0.0574. The van der Waals surface area contributed by atoms with E-state index < -0.39 is 0 Å². The average Bonchev–Trinajstić information content (AvgIpc) is 2.12. The summed E-state index contributed by atoms with van der Waals surface area (Å²) in [7, 11) is 0. The number of ether oxygens (including phenoxy) is 1. The molecule has 0 atom stereocenters. The SMILES string of the molecule is CCCCCCC(C)(C)CC(=O)OCC. The van der Waals surface area contributed by atoms with Gasteiger partial charge in [0.05, 0.1) is 13.0 Å². The molecule has 0 radical (unpaired) electrons. The number of hydrogen-bond donors (Lipinski definition) is 0. The number of hydrogen-bond acceptors (Lipinski definition) is 2. The zero-order chi connectivity index (χ0) is 11.7. The Morgan fingerprint density at radius 2 is 1.80 bits per heavy atom. The summed E-state index contributed by atoms with van der Waals surface area (Å²) in [5.74, 6) is -0.0574. The summed E-state index contributed by atoms with van der Waals surface area (Å²) in [5, 5.41) is 0. The average molecular weight is 214 g/mol. The lowest BCUT2D eigenvalue weighted by Crippen LogP contribution is -2.18. The first-order valence-corrected chi connectivity index (χ1v) is 6.17. The lowest BCUT2D eigenvalue weighted by Gasteiger charge is -2.23. The first kappa shape index (κ1) is 14.5.